The van der Waals surface area contributed by atoms with Crippen LogP contribution in [-0.4, -0.2) is 22.5 Å². The van der Waals surface area contributed by atoms with Crippen molar-refractivity contribution in [3.8, 4) is 11.4 Å². The van der Waals surface area contributed by atoms with Gasteiger partial charge in [0.25, 0.3) is 0 Å². The third kappa shape index (κ3) is 3.11. The van der Waals surface area contributed by atoms with Crippen LogP contribution in [0.2, 0.25) is 0 Å². The van der Waals surface area contributed by atoms with Crippen LogP contribution in [0.3, 0.4) is 0 Å². The van der Waals surface area contributed by atoms with Crippen molar-refractivity contribution in [2.24, 2.45) is 0 Å². The van der Waals surface area contributed by atoms with Gasteiger partial charge in [0.2, 0.25) is 0 Å². The van der Waals surface area contributed by atoms with E-state index in [0.717, 1.165) is 0 Å². The molecule has 2 rings (SSSR count). The molecule has 0 aliphatic heterocycles. The maximum absolute atomic E-state index is 13.3. The Morgan fingerprint density at radius 2 is 2.20 bits per heavy atom. The summed E-state index contributed by atoms with van der Waals surface area (Å²) in [5.74, 6) is -0.785. The van der Waals surface area contributed by atoms with Gasteiger partial charge in [-0.25, -0.2) is 19.2 Å². The molecular weight excluding hydrogens is 329 g/mol. The number of carbonyl (C=O) groups is 1. The Labute approximate surface area is 123 Å². The topological polar surface area (TPSA) is 78.1 Å². The molecule has 0 atom stereocenters. The van der Waals surface area contributed by atoms with Gasteiger partial charge >= 0.3 is 5.97 Å². The SMILES string of the molecule is CCOC(=O)c1cnc(-c2cc(F)cc(Br)c2)nc1N. The Morgan fingerprint density at radius 3 is 2.80 bits per heavy atom. The molecule has 104 valence electrons. The lowest BCUT2D eigenvalue weighted by Gasteiger charge is -2.06. The molecule has 7 heteroatoms. The number of hydrogen-bond donors (Lipinski definition) is 1. The molecule has 1 aromatic heterocycles. The first-order valence-corrected chi connectivity index (χ1v) is 6.56. The molecule has 1 heterocycles. The minimum absolute atomic E-state index is 0.00571. The minimum atomic E-state index is -0.586. The Hall–Kier alpha value is -2.02. The summed E-state index contributed by atoms with van der Waals surface area (Å²) in [6, 6.07) is 4.26. The second-order valence-corrected chi connectivity index (χ2v) is 4.79. The molecule has 0 spiro atoms. The third-order valence-electron chi connectivity index (χ3n) is 2.43. The van der Waals surface area contributed by atoms with Crippen molar-refractivity contribution in [1.82, 2.24) is 9.97 Å². The van der Waals surface area contributed by atoms with E-state index in [2.05, 4.69) is 25.9 Å². The van der Waals surface area contributed by atoms with E-state index in [1.54, 1.807) is 13.0 Å². The third-order valence-corrected chi connectivity index (χ3v) is 2.89. The highest BCUT2D eigenvalue weighted by Crippen LogP contribution is 2.23. The summed E-state index contributed by atoms with van der Waals surface area (Å²) < 4.78 is 18.7. The molecule has 1 aromatic carbocycles. The second kappa shape index (κ2) is 5.96. The highest BCUT2D eigenvalue weighted by atomic mass is 79.9. The van der Waals surface area contributed by atoms with E-state index in [0.29, 0.717) is 10.0 Å². The minimum Gasteiger partial charge on any atom is -0.462 e. The number of halogens is 2. The van der Waals surface area contributed by atoms with Crippen molar-refractivity contribution in [3.63, 3.8) is 0 Å². The summed E-state index contributed by atoms with van der Waals surface area (Å²) in [6.07, 6.45) is 1.27. The van der Waals surface area contributed by atoms with Gasteiger partial charge in [-0.05, 0) is 25.1 Å². The maximum atomic E-state index is 13.3. The molecule has 0 bridgehead atoms. The average Bonchev–Trinajstić information content (AvgIpc) is 2.37. The van der Waals surface area contributed by atoms with Crippen molar-refractivity contribution < 1.29 is 13.9 Å². The smallest absolute Gasteiger partial charge is 0.343 e. The number of benzene rings is 1. The van der Waals surface area contributed by atoms with Gasteiger partial charge < -0.3 is 10.5 Å². The lowest BCUT2D eigenvalue weighted by atomic mass is 10.2. The maximum Gasteiger partial charge on any atom is 0.343 e. The number of nitrogens with zero attached hydrogens (tertiary/aromatic N) is 2. The van der Waals surface area contributed by atoms with E-state index < -0.39 is 11.8 Å². The largest absolute Gasteiger partial charge is 0.462 e. The van der Waals surface area contributed by atoms with Gasteiger partial charge in [0.15, 0.2) is 5.82 Å². The first-order chi connectivity index (χ1) is 9.51. The summed E-state index contributed by atoms with van der Waals surface area (Å²) in [6.45, 7) is 1.92. The molecule has 0 saturated heterocycles. The van der Waals surface area contributed by atoms with Gasteiger partial charge in [-0.1, -0.05) is 15.9 Å². The number of nitrogen functional groups attached to an aromatic ring is 1. The van der Waals surface area contributed by atoms with E-state index >= 15 is 0 Å². The van der Waals surface area contributed by atoms with Crippen LogP contribution in [0.25, 0.3) is 11.4 Å². The molecule has 20 heavy (non-hydrogen) atoms. The van der Waals surface area contributed by atoms with Crippen LogP contribution in [0, 0.1) is 5.82 Å². The van der Waals surface area contributed by atoms with Crippen molar-refractivity contribution in [1.29, 1.82) is 0 Å². The fourth-order valence-corrected chi connectivity index (χ4v) is 2.05. The van der Waals surface area contributed by atoms with Crippen LogP contribution < -0.4 is 5.73 Å². The van der Waals surface area contributed by atoms with Crippen LogP contribution in [0.5, 0.6) is 0 Å². The van der Waals surface area contributed by atoms with E-state index in [1.165, 1.54) is 18.3 Å². The van der Waals surface area contributed by atoms with Gasteiger partial charge in [0, 0.05) is 16.2 Å². The number of nitrogens with two attached hydrogens (primary N) is 1. The fraction of sp³-hybridized carbons (Fsp3) is 0.154. The van der Waals surface area contributed by atoms with E-state index in [9.17, 15) is 9.18 Å². The van der Waals surface area contributed by atoms with Gasteiger partial charge in [-0.3, -0.25) is 0 Å². The molecule has 5 nitrogen and oxygen atoms in total. The Kier molecular flexibility index (Phi) is 4.29. The van der Waals surface area contributed by atoms with E-state index in [-0.39, 0.29) is 23.8 Å². The van der Waals surface area contributed by atoms with Crippen LogP contribution >= 0.6 is 15.9 Å². The molecule has 0 saturated carbocycles. The number of anilines is 1. The fourth-order valence-electron chi connectivity index (χ4n) is 1.58. The molecular formula is C13H11BrFN3O2. The summed E-state index contributed by atoms with van der Waals surface area (Å²) in [5, 5.41) is 0. The van der Waals surface area contributed by atoms with Crippen molar-refractivity contribution in [3.05, 3.63) is 40.2 Å². The van der Waals surface area contributed by atoms with Crippen LogP contribution in [0.1, 0.15) is 17.3 Å². The molecule has 2 aromatic rings. The Balaban J connectivity index is 2.40. The molecule has 0 amide bonds. The van der Waals surface area contributed by atoms with Crippen molar-refractivity contribution >= 4 is 27.7 Å². The van der Waals surface area contributed by atoms with Gasteiger partial charge in [-0.15, -0.1) is 0 Å². The predicted octanol–water partition coefficient (Wildman–Crippen LogP) is 2.80. The van der Waals surface area contributed by atoms with Crippen molar-refractivity contribution in [2.45, 2.75) is 6.92 Å². The number of aromatic nitrogens is 2. The van der Waals surface area contributed by atoms with Crippen molar-refractivity contribution in [2.75, 3.05) is 12.3 Å². The predicted molar refractivity (Wildman–Crippen MR) is 75.5 cm³/mol. The quantitative estimate of drug-likeness (QED) is 0.870. The van der Waals surface area contributed by atoms with E-state index in [4.69, 9.17) is 10.5 Å². The monoisotopic (exact) mass is 339 g/mol. The average molecular weight is 340 g/mol. The van der Waals surface area contributed by atoms with Crippen LogP contribution in [0.15, 0.2) is 28.9 Å². The summed E-state index contributed by atoms with van der Waals surface area (Å²) in [7, 11) is 0. The lowest BCUT2D eigenvalue weighted by Crippen LogP contribution is -2.10. The number of carbonyl (C=O) groups excluding carboxylic acids is 1. The van der Waals surface area contributed by atoms with Crippen LogP contribution in [0.4, 0.5) is 10.2 Å². The highest BCUT2D eigenvalue weighted by Gasteiger charge is 2.14. The zero-order valence-corrected chi connectivity index (χ0v) is 12.1. The number of hydrogen-bond acceptors (Lipinski definition) is 5. The second-order valence-electron chi connectivity index (χ2n) is 3.87. The number of ether oxygens (including phenoxy) is 1. The number of rotatable bonds is 3. The molecule has 0 radical (unpaired) electrons. The lowest BCUT2D eigenvalue weighted by molar-refractivity contribution is 0.0527. The van der Waals surface area contributed by atoms with Gasteiger partial charge in [0.1, 0.15) is 17.2 Å². The highest BCUT2D eigenvalue weighted by molar-refractivity contribution is 9.10. The number of esters is 1. The van der Waals surface area contributed by atoms with Crippen LogP contribution in [-0.2, 0) is 4.74 Å². The zero-order chi connectivity index (χ0) is 14.7. The Bertz CT molecular complexity index is 644. The summed E-state index contributed by atoms with van der Waals surface area (Å²) >= 11 is 3.19. The normalized spacial score (nSPS) is 10.3. The van der Waals surface area contributed by atoms with Gasteiger partial charge in [0.05, 0.1) is 6.61 Å². The molecule has 0 fully saturated rings. The van der Waals surface area contributed by atoms with E-state index in [1.807, 2.05) is 0 Å². The summed E-state index contributed by atoms with van der Waals surface area (Å²) in [4.78, 5) is 19.6. The first-order valence-electron chi connectivity index (χ1n) is 5.77. The molecule has 0 aliphatic rings. The summed E-state index contributed by atoms with van der Waals surface area (Å²) in [5.41, 5.74) is 6.25. The molecule has 0 unspecified atom stereocenters. The molecule has 2 N–H and O–H groups in total. The first kappa shape index (κ1) is 14.4. The molecule has 0 aliphatic carbocycles. The zero-order valence-electron chi connectivity index (χ0n) is 10.6. The van der Waals surface area contributed by atoms with Gasteiger partial charge in [-0.2, -0.15) is 0 Å². The Morgan fingerprint density at radius 1 is 1.45 bits per heavy atom. The standard InChI is InChI=1S/C13H11BrFN3O2/c1-2-20-13(19)10-6-17-12(18-11(10)16)7-3-8(14)5-9(15)4-7/h3-6H,2H2,1H3,(H2,16,17,18).